The van der Waals surface area contributed by atoms with Gasteiger partial charge in [-0.3, -0.25) is 9.59 Å². The number of rotatable bonds is 7. The lowest BCUT2D eigenvalue weighted by Gasteiger charge is -2.23. The van der Waals surface area contributed by atoms with Crippen molar-refractivity contribution in [3.05, 3.63) is 29.8 Å². The smallest absolute Gasteiger partial charge is 0.163 e. The molecule has 194 valence electrons. The summed E-state index contributed by atoms with van der Waals surface area (Å²) >= 11 is 3.79. The number of carbonyl (C=O) groups is 3. The predicted molar refractivity (Wildman–Crippen MR) is 144 cm³/mol. The third kappa shape index (κ3) is 21.9. The number of benzene rings is 1. The molecule has 0 amide bonds. The van der Waals surface area contributed by atoms with Gasteiger partial charge in [0.25, 0.3) is 0 Å². The summed E-state index contributed by atoms with van der Waals surface area (Å²) in [6.45, 7) is 20.5. The number of thiol groups is 1. The number of aliphatic hydroxyl groups excluding tert-OH is 1. The van der Waals surface area contributed by atoms with Gasteiger partial charge in [-0.15, -0.1) is 0 Å². The minimum atomic E-state index is -0.796. The predicted octanol–water partition coefficient (Wildman–Crippen LogP) is 6.43. The fraction of sp³-hybridized carbons (Fsp3) is 0.667. The van der Waals surface area contributed by atoms with Gasteiger partial charge < -0.3 is 15.0 Å². The molecule has 1 aromatic carbocycles. The van der Waals surface area contributed by atoms with Gasteiger partial charge in [-0.05, 0) is 43.1 Å². The maximum Gasteiger partial charge on any atom is 0.163 e. The molecular formula is C27H50O5S. The van der Waals surface area contributed by atoms with Crippen LogP contribution in [0.25, 0.3) is 0 Å². The lowest BCUT2D eigenvalue weighted by molar-refractivity contribution is -0.129. The Labute approximate surface area is 208 Å². The van der Waals surface area contributed by atoms with Crippen LogP contribution in [0.5, 0.6) is 5.75 Å². The highest BCUT2D eigenvalue weighted by Gasteiger charge is 2.22. The first-order chi connectivity index (χ1) is 15.2. The molecule has 2 N–H and O–H groups in total. The van der Waals surface area contributed by atoms with Crippen LogP contribution in [0.2, 0.25) is 0 Å². The molecule has 2 atom stereocenters. The number of phenols is 1. The van der Waals surface area contributed by atoms with Crippen molar-refractivity contribution in [2.75, 3.05) is 5.75 Å². The molecule has 0 bridgehead atoms. The van der Waals surface area contributed by atoms with E-state index in [-0.39, 0.29) is 28.8 Å². The lowest BCUT2D eigenvalue weighted by Crippen LogP contribution is -2.21. The van der Waals surface area contributed by atoms with Crippen molar-refractivity contribution in [2.24, 2.45) is 11.8 Å². The summed E-state index contributed by atoms with van der Waals surface area (Å²) in [6.07, 6.45) is 1.47. The number of phenolic OH excluding ortho intramolecular Hbond substituents is 1. The average Bonchev–Trinajstić information content (AvgIpc) is 2.75. The summed E-state index contributed by atoms with van der Waals surface area (Å²) in [5.41, 5.74) is 0.537. The standard InChI is InChI=1S/C11H14O2.C6H12O2.C6H12O.C2H6S.C2H6/c1-11(2,7-8-12)9-5-3-4-6-10(9)13;1-4(2)6(8)5(3)7;1-4-5(2)6(3)7;1-2-3;1-2/h3-6,8,13H,7H2,1-2H3;4-5,7H,1-3H3;5H,4H2,1-3H3;3H,2H2,1H3;1-2H3. The molecule has 0 aliphatic rings. The number of aromatic hydroxyl groups is 1. The third-order valence-corrected chi connectivity index (χ3v) is 4.51. The zero-order valence-electron chi connectivity index (χ0n) is 22.8. The lowest BCUT2D eigenvalue weighted by atomic mass is 9.81. The Morgan fingerprint density at radius 3 is 1.70 bits per heavy atom. The molecule has 0 spiro atoms. The number of hydrogen-bond donors (Lipinski definition) is 3. The molecule has 0 fully saturated rings. The Morgan fingerprint density at radius 2 is 1.48 bits per heavy atom. The first-order valence-corrected chi connectivity index (χ1v) is 12.4. The van der Waals surface area contributed by atoms with Crippen LogP contribution < -0.4 is 0 Å². The number of aliphatic hydroxyl groups is 1. The van der Waals surface area contributed by atoms with Crippen molar-refractivity contribution in [2.45, 2.75) is 101 Å². The van der Waals surface area contributed by atoms with Crippen LogP contribution >= 0.6 is 12.6 Å². The first-order valence-electron chi connectivity index (χ1n) is 11.8. The Morgan fingerprint density at radius 1 is 1.06 bits per heavy atom. The van der Waals surface area contributed by atoms with Crippen molar-refractivity contribution >= 4 is 30.5 Å². The van der Waals surface area contributed by atoms with Crippen molar-refractivity contribution in [1.82, 2.24) is 0 Å². The average molecular weight is 487 g/mol. The zero-order chi connectivity index (χ0) is 27.2. The number of hydrogen-bond acceptors (Lipinski definition) is 6. The van der Waals surface area contributed by atoms with Gasteiger partial charge in [0.1, 0.15) is 23.9 Å². The molecule has 0 aliphatic carbocycles. The number of ketones is 2. The molecule has 2 unspecified atom stereocenters. The summed E-state index contributed by atoms with van der Waals surface area (Å²) in [5.74, 6) is 1.62. The molecule has 1 rings (SSSR count). The van der Waals surface area contributed by atoms with E-state index in [4.69, 9.17) is 5.11 Å². The summed E-state index contributed by atoms with van der Waals surface area (Å²) in [6, 6.07) is 7.12. The summed E-state index contributed by atoms with van der Waals surface area (Å²) in [4.78, 5) is 31.4. The fourth-order valence-electron chi connectivity index (χ4n) is 2.13. The van der Waals surface area contributed by atoms with E-state index < -0.39 is 6.10 Å². The Bertz CT molecular complexity index is 615. The van der Waals surface area contributed by atoms with E-state index in [2.05, 4.69) is 12.6 Å². The van der Waals surface area contributed by atoms with E-state index in [0.717, 1.165) is 24.0 Å². The van der Waals surface area contributed by atoms with Crippen LogP contribution in [-0.2, 0) is 19.8 Å². The molecule has 1 aromatic rings. The van der Waals surface area contributed by atoms with Crippen molar-refractivity contribution in [1.29, 1.82) is 0 Å². The first kappa shape index (κ1) is 38.6. The largest absolute Gasteiger partial charge is 0.508 e. The highest BCUT2D eigenvalue weighted by molar-refractivity contribution is 7.80. The van der Waals surface area contributed by atoms with Crippen LogP contribution in [0.4, 0.5) is 0 Å². The summed E-state index contributed by atoms with van der Waals surface area (Å²) in [7, 11) is 0. The van der Waals surface area contributed by atoms with Gasteiger partial charge in [-0.2, -0.15) is 12.6 Å². The second kappa shape index (κ2) is 23.5. The van der Waals surface area contributed by atoms with Crippen LogP contribution in [-0.4, -0.2) is 39.9 Å². The highest BCUT2D eigenvalue weighted by Crippen LogP contribution is 2.32. The topological polar surface area (TPSA) is 91.7 Å². The summed E-state index contributed by atoms with van der Waals surface area (Å²) in [5, 5.41) is 18.2. The minimum absolute atomic E-state index is 0.0463. The molecular weight excluding hydrogens is 436 g/mol. The van der Waals surface area contributed by atoms with E-state index in [1.54, 1.807) is 32.9 Å². The van der Waals surface area contributed by atoms with E-state index in [9.17, 15) is 19.5 Å². The Kier molecular flexibility index (Phi) is 27.5. The van der Waals surface area contributed by atoms with Gasteiger partial charge >= 0.3 is 0 Å². The molecule has 0 aromatic heterocycles. The second-order valence-corrected chi connectivity index (χ2v) is 8.87. The normalized spacial score (nSPS) is 11.5. The molecule has 5 nitrogen and oxygen atoms in total. The van der Waals surface area contributed by atoms with E-state index >= 15 is 0 Å². The molecule has 0 radical (unpaired) electrons. The Balaban J connectivity index is -0.000000183. The monoisotopic (exact) mass is 486 g/mol. The van der Waals surface area contributed by atoms with E-state index in [0.29, 0.717) is 12.2 Å². The number of carbonyl (C=O) groups excluding carboxylic acids is 3. The molecule has 0 heterocycles. The third-order valence-electron chi connectivity index (χ3n) is 4.51. The molecule has 0 saturated heterocycles. The van der Waals surface area contributed by atoms with Crippen LogP contribution in [0.15, 0.2) is 24.3 Å². The number of para-hydroxylation sites is 1. The highest BCUT2D eigenvalue weighted by atomic mass is 32.1. The maximum atomic E-state index is 10.6. The molecule has 0 saturated carbocycles. The Hall–Kier alpha value is -1.66. The van der Waals surface area contributed by atoms with Crippen molar-refractivity contribution in [3.63, 3.8) is 0 Å². The van der Waals surface area contributed by atoms with E-state index in [1.165, 1.54) is 6.92 Å². The number of Topliss-reactive ketones (excluding diaryl/α,β-unsaturated/α-hetero) is 2. The van der Waals surface area contributed by atoms with Gasteiger partial charge in [-0.25, -0.2) is 0 Å². The molecule has 0 aliphatic heterocycles. The van der Waals surface area contributed by atoms with Gasteiger partial charge in [0.2, 0.25) is 0 Å². The zero-order valence-corrected chi connectivity index (χ0v) is 23.7. The molecule has 33 heavy (non-hydrogen) atoms. The quantitative estimate of drug-likeness (QED) is 0.305. The van der Waals surface area contributed by atoms with Gasteiger partial charge in [-0.1, -0.05) is 80.5 Å². The number of aldehydes is 1. The minimum Gasteiger partial charge on any atom is -0.508 e. The van der Waals surface area contributed by atoms with Gasteiger partial charge in [0.15, 0.2) is 5.78 Å². The van der Waals surface area contributed by atoms with E-state index in [1.807, 2.05) is 60.6 Å². The maximum absolute atomic E-state index is 10.6. The second-order valence-electron chi connectivity index (χ2n) is 8.24. The van der Waals surface area contributed by atoms with Crippen LogP contribution in [0, 0.1) is 11.8 Å². The van der Waals surface area contributed by atoms with Gasteiger partial charge in [0, 0.05) is 18.3 Å². The van der Waals surface area contributed by atoms with Crippen molar-refractivity contribution < 1.29 is 24.6 Å². The fourth-order valence-corrected chi connectivity index (χ4v) is 2.13. The summed E-state index contributed by atoms with van der Waals surface area (Å²) < 4.78 is 0. The van der Waals surface area contributed by atoms with Crippen LogP contribution in [0.1, 0.15) is 94.6 Å². The SMILES string of the molecule is CC.CC(C)(CC=O)c1ccccc1O.CC(C)C(=O)C(C)O.CCC(C)C(C)=O.CCS. The van der Waals surface area contributed by atoms with Crippen molar-refractivity contribution in [3.8, 4) is 5.75 Å². The van der Waals surface area contributed by atoms with Crippen LogP contribution in [0.3, 0.4) is 0 Å². The van der Waals surface area contributed by atoms with Gasteiger partial charge in [0.05, 0.1) is 0 Å². The molecule has 6 heteroatoms.